The molecule has 98 valence electrons. The Balaban J connectivity index is 4.86. The van der Waals surface area contributed by atoms with Crippen LogP contribution in [-0.2, 0) is 13.6 Å². The highest BCUT2D eigenvalue weighted by atomic mass is 28.4. The Morgan fingerprint density at radius 1 is 1.35 bits per heavy atom. The first kappa shape index (κ1) is 16.2. The Morgan fingerprint density at radius 3 is 2.24 bits per heavy atom. The fourth-order valence-corrected chi connectivity index (χ4v) is 4.18. The monoisotopic (exact) mass is 258 g/mol. The minimum atomic E-state index is -2.53. The maximum Gasteiger partial charge on any atom is 0.383 e. The Morgan fingerprint density at radius 2 is 1.88 bits per heavy atom. The zero-order valence-electron chi connectivity index (χ0n) is 11.2. The normalized spacial score (nSPS) is 11.4. The standard InChI is InChI=1S/C11H22N2O3Si/c1-6-13(7-2)10-17(15-4,16-5)11(3)8-12-9-14/h3,6-8,10H2,1-2,4-5H3. The van der Waals surface area contributed by atoms with E-state index < -0.39 is 8.56 Å². The van der Waals surface area contributed by atoms with Crippen LogP contribution >= 0.6 is 0 Å². The fraction of sp³-hybridized carbons (Fsp3) is 0.727. The Labute approximate surface area is 104 Å². The molecule has 0 aromatic heterocycles. The lowest BCUT2D eigenvalue weighted by Crippen LogP contribution is -2.53. The molecule has 0 rings (SSSR count). The summed E-state index contributed by atoms with van der Waals surface area (Å²) in [5.41, 5.74) is 0. The quantitative estimate of drug-likeness (QED) is 0.352. The van der Waals surface area contributed by atoms with Gasteiger partial charge in [-0.3, -0.25) is 0 Å². The van der Waals surface area contributed by atoms with Crippen molar-refractivity contribution in [3.63, 3.8) is 0 Å². The minimum absolute atomic E-state index is 0.221. The third-order valence-corrected chi connectivity index (χ3v) is 6.28. The number of carbonyl (C=O) groups excluding carboxylic acids is 1. The summed E-state index contributed by atoms with van der Waals surface area (Å²) < 4.78 is 11.1. The van der Waals surface area contributed by atoms with Crippen LogP contribution < -0.4 is 0 Å². The molecule has 0 atom stereocenters. The summed E-state index contributed by atoms with van der Waals surface area (Å²) in [5, 5.41) is 0.748. The molecule has 0 aliphatic carbocycles. The summed E-state index contributed by atoms with van der Waals surface area (Å²) in [6.45, 7) is 10.2. The average Bonchev–Trinajstić information content (AvgIpc) is 2.38. The molecule has 6 heteroatoms. The van der Waals surface area contributed by atoms with Crippen molar-refractivity contribution in [1.82, 2.24) is 4.90 Å². The second-order valence-corrected chi connectivity index (χ2v) is 6.98. The first-order valence-electron chi connectivity index (χ1n) is 5.64. The Bertz CT molecular complexity index is 282. The number of isocyanates is 1. The van der Waals surface area contributed by atoms with Gasteiger partial charge in [0.2, 0.25) is 6.08 Å². The van der Waals surface area contributed by atoms with Gasteiger partial charge in [-0.1, -0.05) is 20.4 Å². The molecule has 17 heavy (non-hydrogen) atoms. The van der Waals surface area contributed by atoms with Gasteiger partial charge in [-0.15, -0.1) is 0 Å². The Kier molecular flexibility index (Phi) is 7.94. The van der Waals surface area contributed by atoms with Crippen LogP contribution in [0.4, 0.5) is 0 Å². The summed E-state index contributed by atoms with van der Waals surface area (Å²) in [6, 6.07) is 0. The predicted molar refractivity (Wildman–Crippen MR) is 69.7 cm³/mol. The van der Waals surface area contributed by atoms with Crippen molar-refractivity contribution in [3.8, 4) is 0 Å². The molecule has 0 heterocycles. The van der Waals surface area contributed by atoms with E-state index in [9.17, 15) is 4.79 Å². The van der Waals surface area contributed by atoms with E-state index >= 15 is 0 Å². The molecule has 0 fully saturated rings. The van der Waals surface area contributed by atoms with Gasteiger partial charge < -0.3 is 13.8 Å². The molecule has 0 amide bonds. The van der Waals surface area contributed by atoms with Crippen LogP contribution in [0.3, 0.4) is 0 Å². The second kappa shape index (κ2) is 8.33. The van der Waals surface area contributed by atoms with Gasteiger partial charge in [-0.25, -0.2) is 9.79 Å². The van der Waals surface area contributed by atoms with Gasteiger partial charge in [0.05, 0.1) is 6.54 Å². The van der Waals surface area contributed by atoms with Gasteiger partial charge in [0.25, 0.3) is 0 Å². The molecule has 5 nitrogen and oxygen atoms in total. The zero-order valence-corrected chi connectivity index (χ0v) is 12.2. The van der Waals surface area contributed by atoms with Crippen molar-refractivity contribution >= 4 is 14.6 Å². The van der Waals surface area contributed by atoms with Crippen molar-refractivity contribution in [2.45, 2.75) is 13.8 Å². The molecule has 0 aliphatic heterocycles. The summed E-state index contributed by atoms with van der Waals surface area (Å²) in [7, 11) is 0.710. The van der Waals surface area contributed by atoms with Crippen LogP contribution in [0.1, 0.15) is 13.8 Å². The van der Waals surface area contributed by atoms with E-state index in [1.807, 2.05) is 0 Å². The molecule has 0 aromatic rings. The maximum absolute atomic E-state index is 10.1. The zero-order chi connectivity index (χ0) is 13.3. The summed E-state index contributed by atoms with van der Waals surface area (Å²) in [5.74, 6) is 0. The van der Waals surface area contributed by atoms with Gasteiger partial charge in [-0.05, 0) is 18.3 Å². The molecule has 0 radical (unpaired) electrons. The average molecular weight is 258 g/mol. The van der Waals surface area contributed by atoms with Crippen LogP contribution in [0.5, 0.6) is 0 Å². The number of aliphatic imine (C=N–C) groups is 1. The minimum Gasteiger partial charge on any atom is -0.394 e. The van der Waals surface area contributed by atoms with E-state index in [1.54, 1.807) is 14.2 Å². The van der Waals surface area contributed by atoms with Crippen LogP contribution in [0.15, 0.2) is 16.8 Å². The topological polar surface area (TPSA) is 51.1 Å². The predicted octanol–water partition coefficient (Wildman–Crippen LogP) is 1.03. The molecule has 0 N–H and O–H groups in total. The number of rotatable bonds is 9. The third kappa shape index (κ3) is 4.53. The molecule has 0 spiro atoms. The van der Waals surface area contributed by atoms with Crippen LogP contribution in [0, 0.1) is 0 Å². The smallest absolute Gasteiger partial charge is 0.383 e. The first-order valence-corrected chi connectivity index (χ1v) is 7.67. The summed E-state index contributed by atoms with van der Waals surface area (Å²) in [4.78, 5) is 15.9. The van der Waals surface area contributed by atoms with Crippen molar-refractivity contribution < 1.29 is 13.6 Å². The van der Waals surface area contributed by atoms with E-state index in [0.717, 1.165) is 18.3 Å². The van der Waals surface area contributed by atoms with Crippen molar-refractivity contribution in [2.75, 3.05) is 40.0 Å². The molecule has 0 saturated heterocycles. The molecule has 0 aliphatic rings. The lowest BCUT2D eigenvalue weighted by molar-refractivity contribution is 0.217. The Hall–Kier alpha value is -0.783. The van der Waals surface area contributed by atoms with Gasteiger partial charge in [-0.2, -0.15) is 0 Å². The number of nitrogens with zero attached hydrogens (tertiary/aromatic N) is 2. The first-order chi connectivity index (χ1) is 8.10. The molecule has 0 saturated carbocycles. The second-order valence-electron chi connectivity index (χ2n) is 3.63. The molecular formula is C11H22N2O3Si. The SMILES string of the molecule is C=C(CN=C=O)[Si](CN(CC)CC)(OC)OC. The van der Waals surface area contributed by atoms with Gasteiger partial charge in [0.15, 0.2) is 0 Å². The van der Waals surface area contributed by atoms with E-state index in [2.05, 4.69) is 30.3 Å². The van der Waals surface area contributed by atoms with Crippen molar-refractivity contribution in [2.24, 2.45) is 4.99 Å². The van der Waals surface area contributed by atoms with Crippen LogP contribution in [-0.4, -0.2) is 59.6 Å². The molecule has 0 aromatic carbocycles. The highest BCUT2D eigenvalue weighted by Gasteiger charge is 2.40. The third-order valence-electron chi connectivity index (χ3n) is 2.86. The molecule has 0 bridgehead atoms. The molecule has 0 unspecified atom stereocenters. The highest BCUT2D eigenvalue weighted by Crippen LogP contribution is 2.17. The maximum atomic E-state index is 10.1. The van der Waals surface area contributed by atoms with E-state index in [1.165, 1.54) is 6.08 Å². The van der Waals surface area contributed by atoms with Gasteiger partial charge >= 0.3 is 8.56 Å². The van der Waals surface area contributed by atoms with Gasteiger partial charge in [0, 0.05) is 20.4 Å². The molecular weight excluding hydrogens is 236 g/mol. The summed E-state index contributed by atoms with van der Waals surface area (Å²) >= 11 is 0. The van der Waals surface area contributed by atoms with Gasteiger partial charge in [0.1, 0.15) is 0 Å². The van der Waals surface area contributed by atoms with Crippen molar-refractivity contribution in [1.29, 1.82) is 0 Å². The van der Waals surface area contributed by atoms with E-state index in [-0.39, 0.29) is 6.54 Å². The lowest BCUT2D eigenvalue weighted by Gasteiger charge is -2.33. The largest absolute Gasteiger partial charge is 0.394 e. The fourth-order valence-electron chi connectivity index (χ4n) is 1.60. The van der Waals surface area contributed by atoms with E-state index in [4.69, 9.17) is 8.85 Å². The number of hydrogen-bond acceptors (Lipinski definition) is 5. The lowest BCUT2D eigenvalue weighted by atomic mass is 10.6. The summed E-state index contributed by atoms with van der Waals surface area (Å²) in [6.07, 6.45) is 2.21. The highest BCUT2D eigenvalue weighted by molar-refractivity contribution is 6.75. The van der Waals surface area contributed by atoms with E-state index in [0.29, 0.717) is 6.17 Å². The van der Waals surface area contributed by atoms with Crippen LogP contribution in [0.25, 0.3) is 0 Å². The van der Waals surface area contributed by atoms with Crippen LogP contribution in [0.2, 0.25) is 0 Å². The number of hydrogen-bond donors (Lipinski definition) is 0. The van der Waals surface area contributed by atoms with Crippen molar-refractivity contribution in [3.05, 3.63) is 11.8 Å².